The number of non-ortho nitro benzene ring substituents is 1. The van der Waals surface area contributed by atoms with Gasteiger partial charge in [-0.25, -0.2) is 0 Å². The molecule has 0 bridgehead atoms. The Balaban J connectivity index is 1.84. The first-order valence-corrected chi connectivity index (χ1v) is 8.59. The number of benzene rings is 3. The third-order valence-corrected chi connectivity index (χ3v) is 4.52. The van der Waals surface area contributed by atoms with Gasteiger partial charge in [-0.05, 0) is 36.4 Å². The number of aromatic nitrogens is 1. The summed E-state index contributed by atoms with van der Waals surface area (Å²) in [4.78, 5) is 10.8. The van der Waals surface area contributed by atoms with Crippen molar-refractivity contribution in [2.75, 3.05) is 20.3 Å². The van der Waals surface area contributed by atoms with Crippen LogP contribution in [0, 0.1) is 10.1 Å². The van der Waals surface area contributed by atoms with E-state index in [1.807, 2.05) is 48.5 Å². The number of para-hydroxylation sites is 1. The molecule has 136 valence electrons. The van der Waals surface area contributed by atoms with Crippen LogP contribution in [0.3, 0.4) is 0 Å². The molecule has 27 heavy (non-hydrogen) atoms. The Bertz CT molecular complexity index is 1120. The molecule has 0 aliphatic carbocycles. The van der Waals surface area contributed by atoms with E-state index in [0.717, 1.165) is 33.2 Å². The first-order chi connectivity index (χ1) is 13.2. The minimum atomic E-state index is -0.363. The van der Waals surface area contributed by atoms with E-state index in [1.165, 1.54) is 0 Å². The van der Waals surface area contributed by atoms with Crippen molar-refractivity contribution in [3.8, 4) is 11.4 Å². The van der Waals surface area contributed by atoms with Crippen molar-refractivity contribution in [2.45, 2.75) is 0 Å². The highest BCUT2D eigenvalue weighted by Crippen LogP contribution is 2.34. The molecule has 4 rings (SSSR count). The Kier molecular flexibility index (Phi) is 4.48. The fraction of sp³-hybridized carbons (Fsp3) is 0.143. The average molecular weight is 362 g/mol. The molecule has 0 atom stereocenters. The van der Waals surface area contributed by atoms with E-state index >= 15 is 0 Å². The molecule has 0 aliphatic rings. The Morgan fingerprint density at radius 1 is 0.926 bits per heavy atom. The lowest BCUT2D eigenvalue weighted by atomic mass is 10.1. The summed E-state index contributed by atoms with van der Waals surface area (Å²) in [5.74, 6) is 0.771. The van der Waals surface area contributed by atoms with Gasteiger partial charge in [0.05, 0.1) is 22.6 Å². The van der Waals surface area contributed by atoms with Gasteiger partial charge < -0.3 is 14.0 Å². The second kappa shape index (κ2) is 7.09. The summed E-state index contributed by atoms with van der Waals surface area (Å²) < 4.78 is 12.7. The van der Waals surface area contributed by atoms with Crippen LogP contribution in [0.4, 0.5) is 5.69 Å². The normalized spacial score (nSPS) is 11.1. The summed E-state index contributed by atoms with van der Waals surface area (Å²) in [5, 5.41) is 13.0. The van der Waals surface area contributed by atoms with Crippen LogP contribution in [0.25, 0.3) is 27.5 Å². The van der Waals surface area contributed by atoms with E-state index in [0.29, 0.717) is 13.2 Å². The van der Waals surface area contributed by atoms with Crippen LogP contribution in [0.15, 0.2) is 66.7 Å². The molecule has 3 aromatic carbocycles. The van der Waals surface area contributed by atoms with Gasteiger partial charge in [-0.1, -0.05) is 18.2 Å². The number of rotatable bonds is 6. The second-order valence-electron chi connectivity index (χ2n) is 6.15. The lowest BCUT2D eigenvalue weighted by molar-refractivity contribution is -0.384. The number of nitro benzene ring substituents is 1. The monoisotopic (exact) mass is 362 g/mol. The van der Waals surface area contributed by atoms with Crippen molar-refractivity contribution >= 4 is 27.5 Å². The van der Waals surface area contributed by atoms with Gasteiger partial charge in [0.25, 0.3) is 5.69 Å². The molecule has 6 heteroatoms. The zero-order valence-electron chi connectivity index (χ0n) is 14.8. The van der Waals surface area contributed by atoms with Gasteiger partial charge >= 0.3 is 0 Å². The highest BCUT2D eigenvalue weighted by molar-refractivity contribution is 6.09. The Hall–Kier alpha value is -3.38. The average Bonchev–Trinajstić information content (AvgIpc) is 3.02. The van der Waals surface area contributed by atoms with Crippen molar-refractivity contribution in [1.82, 2.24) is 4.57 Å². The molecule has 0 fully saturated rings. The van der Waals surface area contributed by atoms with Gasteiger partial charge in [-0.3, -0.25) is 10.1 Å². The van der Waals surface area contributed by atoms with Crippen LogP contribution >= 0.6 is 0 Å². The van der Waals surface area contributed by atoms with E-state index in [4.69, 9.17) is 9.47 Å². The fourth-order valence-corrected chi connectivity index (χ4v) is 3.29. The van der Waals surface area contributed by atoms with Gasteiger partial charge in [0.2, 0.25) is 0 Å². The number of hydrogen-bond donors (Lipinski definition) is 0. The predicted molar refractivity (Wildman–Crippen MR) is 105 cm³/mol. The van der Waals surface area contributed by atoms with Crippen molar-refractivity contribution < 1.29 is 14.4 Å². The zero-order chi connectivity index (χ0) is 18.8. The Labute approximate surface area is 155 Å². The van der Waals surface area contributed by atoms with E-state index in [1.54, 1.807) is 25.3 Å². The quantitative estimate of drug-likeness (QED) is 0.283. The van der Waals surface area contributed by atoms with Crippen LogP contribution in [0.1, 0.15) is 0 Å². The Morgan fingerprint density at radius 3 is 2.41 bits per heavy atom. The van der Waals surface area contributed by atoms with Gasteiger partial charge in [0.1, 0.15) is 12.4 Å². The third kappa shape index (κ3) is 3.11. The molecule has 0 saturated heterocycles. The molecular formula is C21H18N2O4. The van der Waals surface area contributed by atoms with E-state index in [2.05, 4.69) is 4.57 Å². The smallest absolute Gasteiger partial charge is 0.270 e. The molecule has 0 unspecified atom stereocenters. The van der Waals surface area contributed by atoms with Gasteiger partial charge in [-0.2, -0.15) is 0 Å². The van der Waals surface area contributed by atoms with Crippen LogP contribution in [0.5, 0.6) is 5.75 Å². The molecule has 4 aromatic rings. The van der Waals surface area contributed by atoms with Crippen LogP contribution < -0.4 is 4.74 Å². The van der Waals surface area contributed by atoms with E-state index in [-0.39, 0.29) is 10.6 Å². The molecule has 0 amide bonds. The summed E-state index contributed by atoms with van der Waals surface area (Å²) in [5.41, 5.74) is 2.98. The summed E-state index contributed by atoms with van der Waals surface area (Å²) >= 11 is 0. The summed E-state index contributed by atoms with van der Waals surface area (Å²) in [7, 11) is 1.64. The standard InChI is InChI=1S/C21H18N2O4/c1-26-12-13-27-17-9-6-15(7-10-17)22-20-5-3-2-4-18(20)19-14-16(23(24)25)8-11-21(19)22/h2-11,14H,12-13H2,1H3. The minimum Gasteiger partial charge on any atom is -0.491 e. The highest BCUT2D eigenvalue weighted by Gasteiger charge is 2.15. The van der Waals surface area contributed by atoms with E-state index in [9.17, 15) is 10.1 Å². The molecule has 0 radical (unpaired) electrons. The van der Waals surface area contributed by atoms with Crippen molar-refractivity contribution in [1.29, 1.82) is 0 Å². The van der Waals surface area contributed by atoms with Gasteiger partial charge in [0, 0.05) is 35.7 Å². The molecule has 1 heterocycles. The largest absolute Gasteiger partial charge is 0.491 e. The number of fused-ring (bicyclic) bond motifs is 3. The van der Waals surface area contributed by atoms with Gasteiger partial charge in [0.15, 0.2) is 0 Å². The SMILES string of the molecule is COCCOc1ccc(-n2c3ccccc3c3cc([N+](=O)[O-])ccc32)cc1. The minimum absolute atomic E-state index is 0.0901. The van der Waals surface area contributed by atoms with Crippen LogP contribution in [-0.4, -0.2) is 29.8 Å². The highest BCUT2D eigenvalue weighted by atomic mass is 16.6. The van der Waals surface area contributed by atoms with Crippen molar-refractivity contribution in [3.63, 3.8) is 0 Å². The number of methoxy groups -OCH3 is 1. The topological polar surface area (TPSA) is 66.5 Å². The molecule has 6 nitrogen and oxygen atoms in total. The van der Waals surface area contributed by atoms with Crippen LogP contribution in [-0.2, 0) is 4.74 Å². The predicted octanol–water partition coefficient (Wildman–Crippen LogP) is 4.72. The summed E-state index contributed by atoms with van der Waals surface area (Å²) in [6, 6.07) is 20.7. The lowest BCUT2D eigenvalue weighted by Gasteiger charge is -2.10. The zero-order valence-corrected chi connectivity index (χ0v) is 14.8. The Morgan fingerprint density at radius 2 is 1.67 bits per heavy atom. The van der Waals surface area contributed by atoms with Crippen molar-refractivity contribution in [3.05, 3.63) is 76.8 Å². The van der Waals surface area contributed by atoms with E-state index < -0.39 is 0 Å². The summed E-state index contributed by atoms with van der Waals surface area (Å²) in [6.45, 7) is 1.03. The molecular weight excluding hydrogens is 344 g/mol. The maximum Gasteiger partial charge on any atom is 0.270 e. The number of ether oxygens (including phenoxy) is 2. The number of hydrogen-bond acceptors (Lipinski definition) is 4. The molecule has 0 N–H and O–H groups in total. The summed E-state index contributed by atoms with van der Waals surface area (Å²) in [6.07, 6.45) is 0. The fourth-order valence-electron chi connectivity index (χ4n) is 3.29. The van der Waals surface area contributed by atoms with Crippen molar-refractivity contribution in [2.24, 2.45) is 0 Å². The molecule has 0 spiro atoms. The maximum atomic E-state index is 11.2. The second-order valence-corrected chi connectivity index (χ2v) is 6.15. The molecule has 1 aromatic heterocycles. The lowest BCUT2D eigenvalue weighted by Crippen LogP contribution is -2.04. The number of nitro groups is 1. The number of nitrogens with zero attached hydrogens (tertiary/aromatic N) is 2. The molecule has 0 saturated carbocycles. The first kappa shape index (κ1) is 17.1. The molecule has 0 aliphatic heterocycles. The van der Waals surface area contributed by atoms with Crippen LogP contribution in [0.2, 0.25) is 0 Å². The first-order valence-electron chi connectivity index (χ1n) is 8.59. The van der Waals surface area contributed by atoms with Gasteiger partial charge in [-0.15, -0.1) is 0 Å². The maximum absolute atomic E-state index is 11.2. The third-order valence-electron chi connectivity index (χ3n) is 4.52.